The van der Waals surface area contributed by atoms with Gasteiger partial charge in [0.15, 0.2) is 0 Å². The van der Waals surface area contributed by atoms with E-state index in [0.29, 0.717) is 12.1 Å². The molecule has 0 unspecified atom stereocenters. The van der Waals surface area contributed by atoms with Crippen molar-refractivity contribution < 1.29 is 5.11 Å². The van der Waals surface area contributed by atoms with Crippen molar-refractivity contribution in [2.75, 3.05) is 33.2 Å². The summed E-state index contributed by atoms with van der Waals surface area (Å²) >= 11 is 0. The third-order valence-electron chi connectivity index (χ3n) is 5.88. The number of aromatic hydroxyl groups is 1. The average Bonchev–Trinajstić information content (AvgIpc) is 2.76. The first kappa shape index (κ1) is 20.3. The Balaban J connectivity index is 1.82. The monoisotopic (exact) mass is 404 g/mol. The van der Waals surface area contributed by atoms with Gasteiger partial charge in [-0.1, -0.05) is 36.4 Å². The molecule has 1 fully saturated rings. The molecule has 0 bridgehead atoms. The van der Waals surface area contributed by atoms with Gasteiger partial charge in [-0.3, -0.25) is 14.7 Å². The second-order valence-electron chi connectivity index (χ2n) is 7.99. The van der Waals surface area contributed by atoms with Gasteiger partial charge in [0.2, 0.25) is 0 Å². The van der Waals surface area contributed by atoms with Crippen LogP contribution in [0.3, 0.4) is 0 Å². The van der Waals surface area contributed by atoms with Crippen LogP contribution >= 0.6 is 0 Å². The van der Waals surface area contributed by atoms with E-state index in [-0.39, 0.29) is 17.4 Å². The highest BCUT2D eigenvalue weighted by atomic mass is 16.3. The van der Waals surface area contributed by atoms with Crippen LogP contribution in [0.4, 0.5) is 0 Å². The van der Waals surface area contributed by atoms with Crippen molar-refractivity contribution in [3.63, 3.8) is 0 Å². The minimum absolute atomic E-state index is 0.0505. The van der Waals surface area contributed by atoms with Gasteiger partial charge in [-0.2, -0.15) is 0 Å². The molecule has 156 valence electrons. The fraction of sp³-hybridized carbons (Fsp3) is 0.333. The summed E-state index contributed by atoms with van der Waals surface area (Å²) in [5.74, 6) is 0.0505. The second-order valence-corrected chi connectivity index (χ2v) is 7.99. The van der Waals surface area contributed by atoms with Gasteiger partial charge < -0.3 is 14.6 Å². The highest BCUT2D eigenvalue weighted by molar-refractivity contribution is 5.40. The van der Waals surface area contributed by atoms with Crippen molar-refractivity contribution in [2.45, 2.75) is 19.5 Å². The molecule has 1 aliphatic heterocycles. The number of piperazine rings is 1. The zero-order chi connectivity index (χ0) is 21.1. The summed E-state index contributed by atoms with van der Waals surface area (Å²) in [5.41, 5.74) is 2.99. The van der Waals surface area contributed by atoms with Crippen molar-refractivity contribution in [1.29, 1.82) is 0 Å². The lowest BCUT2D eigenvalue weighted by Crippen LogP contribution is -2.47. The average molecular weight is 405 g/mol. The first-order valence-corrected chi connectivity index (χ1v) is 10.3. The topological polar surface area (TPSA) is 61.6 Å². The molecule has 6 nitrogen and oxygen atoms in total. The summed E-state index contributed by atoms with van der Waals surface area (Å²) in [6.45, 7) is 5.82. The maximum atomic E-state index is 13.7. The lowest BCUT2D eigenvalue weighted by Gasteiger charge is -2.38. The number of aromatic nitrogens is 2. The normalized spacial score (nSPS) is 16.5. The number of pyridine rings is 2. The molecule has 1 N–H and O–H groups in total. The Labute approximate surface area is 177 Å². The molecule has 3 aromatic rings. The van der Waals surface area contributed by atoms with Gasteiger partial charge in [0.05, 0.1) is 18.2 Å². The summed E-state index contributed by atoms with van der Waals surface area (Å²) in [5, 5.41) is 10.9. The van der Waals surface area contributed by atoms with E-state index in [1.165, 1.54) is 0 Å². The first-order chi connectivity index (χ1) is 14.5. The Morgan fingerprint density at radius 1 is 1.07 bits per heavy atom. The molecule has 1 saturated heterocycles. The fourth-order valence-electron chi connectivity index (χ4n) is 4.17. The van der Waals surface area contributed by atoms with E-state index in [2.05, 4.69) is 21.8 Å². The Morgan fingerprint density at radius 3 is 2.47 bits per heavy atom. The van der Waals surface area contributed by atoms with E-state index in [9.17, 15) is 9.90 Å². The van der Waals surface area contributed by atoms with Crippen molar-refractivity contribution in [1.82, 2.24) is 19.4 Å². The lowest BCUT2D eigenvalue weighted by molar-refractivity contribution is 0.125. The van der Waals surface area contributed by atoms with Gasteiger partial charge in [0, 0.05) is 44.3 Å². The molecule has 0 aliphatic carbocycles. The maximum absolute atomic E-state index is 13.7. The summed E-state index contributed by atoms with van der Waals surface area (Å²) in [6, 6.07) is 15.2. The zero-order valence-electron chi connectivity index (χ0n) is 17.5. The Kier molecular flexibility index (Phi) is 5.97. The zero-order valence-corrected chi connectivity index (χ0v) is 17.5. The van der Waals surface area contributed by atoms with E-state index in [1.54, 1.807) is 23.0 Å². The molecule has 0 saturated carbocycles. The standard InChI is InChI=1S/C24H28N4O2/c1-18-15-21(29)22(24(30)28(18)17-19-7-4-3-5-8-19)23(20-9-6-10-25-16-20)27-13-11-26(2)12-14-27/h3-10,15-16,23,29H,11-14,17H2,1-2H3/t23-/m1/s1. The molecule has 3 heterocycles. The Bertz CT molecular complexity index is 1040. The van der Waals surface area contributed by atoms with Gasteiger partial charge in [0.1, 0.15) is 5.75 Å². The predicted octanol–water partition coefficient (Wildman–Crippen LogP) is 2.64. The molecular weight excluding hydrogens is 376 g/mol. The van der Waals surface area contributed by atoms with E-state index >= 15 is 0 Å². The number of hydrogen-bond donors (Lipinski definition) is 1. The van der Waals surface area contributed by atoms with Gasteiger partial charge in [-0.05, 0) is 37.2 Å². The minimum atomic E-state index is -0.331. The number of nitrogens with zero attached hydrogens (tertiary/aromatic N) is 4. The number of aryl methyl sites for hydroxylation is 1. The first-order valence-electron chi connectivity index (χ1n) is 10.3. The van der Waals surface area contributed by atoms with Gasteiger partial charge in [0.25, 0.3) is 5.56 Å². The quantitative estimate of drug-likeness (QED) is 0.708. The van der Waals surface area contributed by atoms with Crippen LogP contribution in [0.25, 0.3) is 0 Å². The van der Waals surface area contributed by atoms with Crippen LogP contribution in [0.1, 0.15) is 28.4 Å². The van der Waals surface area contributed by atoms with Crippen LogP contribution in [-0.4, -0.2) is 57.7 Å². The largest absolute Gasteiger partial charge is 0.507 e. The van der Waals surface area contributed by atoms with Crippen LogP contribution < -0.4 is 5.56 Å². The number of likely N-dealkylation sites (N-methyl/N-ethyl adjacent to an activating group) is 1. The molecule has 30 heavy (non-hydrogen) atoms. The van der Waals surface area contributed by atoms with Crippen molar-refractivity contribution in [3.05, 3.63) is 93.7 Å². The van der Waals surface area contributed by atoms with Crippen LogP contribution in [0.2, 0.25) is 0 Å². The van der Waals surface area contributed by atoms with Crippen molar-refractivity contribution >= 4 is 0 Å². The summed E-state index contributed by atoms with van der Waals surface area (Å²) in [4.78, 5) is 22.5. The molecule has 0 amide bonds. The minimum Gasteiger partial charge on any atom is -0.507 e. The van der Waals surface area contributed by atoms with Crippen molar-refractivity contribution in [2.24, 2.45) is 0 Å². The predicted molar refractivity (Wildman–Crippen MR) is 118 cm³/mol. The summed E-state index contributed by atoms with van der Waals surface area (Å²) in [7, 11) is 2.10. The molecule has 4 rings (SSSR count). The highest BCUT2D eigenvalue weighted by Gasteiger charge is 2.31. The summed E-state index contributed by atoms with van der Waals surface area (Å²) in [6.07, 6.45) is 3.52. The Morgan fingerprint density at radius 2 is 1.80 bits per heavy atom. The van der Waals surface area contributed by atoms with Crippen LogP contribution in [-0.2, 0) is 6.54 Å². The lowest BCUT2D eigenvalue weighted by atomic mass is 9.97. The number of rotatable bonds is 5. The smallest absolute Gasteiger partial charge is 0.259 e. The molecular formula is C24H28N4O2. The highest BCUT2D eigenvalue weighted by Crippen LogP contribution is 2.32. The molecule has 2 aromatic heterocycles. The van der Waals surface area contributed by atoms with Crippen LogP contribution in [0.15, 0.2) is 65.7 Å². The van der Waals surface area contributed by atoms with Crippen molar-refractivity contribution in [3.8, 4) is 5.75 Å². The molecule has 1 aliphatic rings. The fourth-order valence-corrected chi connectivity index (χ4v) is 4.17. The van der Waals surface area contributed by atoms with E-state index in [1.807, 2.05) is 49.4 Å². The molecule has 1 atom stereocenters. The maximum Gasteiger partial charge on any atom is 0.259 e. The van der Waals surface area contributed by atoms with E-state index in [0.717, 1.165) is 43.0 Å². The van der Waals surface area contributed by atoms with E-state index in [4.69, 9.17) is 0 Å². The SMILES string of the molecule is Cc1cc(O)c([C@@H](c2cccnc2)N2CCN(C)CC2)c(=O)n1Cc1ccccc1. The second kappa shape index (κ2) is 8.81. The third-order valence-corrected chi connectivity index (χ3v) is 5.88. The number of benzene rings is 1. The van der Waals surface area contributed by atoms with Gasteiger partial charge in [-0.25, -0.2) is 0 Å². The molecule has 0 radical (unpaired) electrons. The van der Waals surface area contributed by atoms with Gasteiger partial charge >= 0.3 is 0 Å². The summed E-state index contributed by atoms with van der Waals surface area (Å²) < 4.78 is 1.75. The third kappa shape index (κ3) is 4.15. The van der Waals surface area contributed by atoms with Crippen LogP contribution in [0.5, 0.6) is 5.75 Å². The van der Waals surface area contributed by atoms with E-state index < -0.39 is 0 Å². The Hall–Kier alpha value is -2.96. The molecule has 6 heteroatoms. The number of hydrogen-bond acceptors (Lipinski definition) is 5. The molecule has 0 spiro atoms. The van der Waals surface area contributed by atoms with Crippen LogP contribution in [0, 0.1) is 6.92 Å². The van der Waals surface area contributed by atoms with Gasteiger partial charge in [-0.15, -0.1) is 0 Å². The molecule has 1 aromatic carbocycles.